The van der Waals surface area contributed by atoms with Gasteiger partial charge in [0.15, 0.2) is 11.5 Å². The Morgan fingerprint density at radius 1 is 1.16 bits per heavy atom. The van der Waals surface area contributed by atoms with Crippen LogP contribution in [0.1, 0.15) is 25.0 Å². The normalized spacial score (nSPS) is 13.6. The molecule has 6 heteroatoms. The molecule has 0 aliphatic carbocycles. The van der Waals surface area contributed by atoms with E-state index in [1.54, 1.807) is 14.2 Å². The smallest absolute Gasteiger partial charge is 0.224 e. The number of hydrogen-bond acceptors (Lipinski definition) is 6. The van der Waals surface area contributed by atoms with E-state index in [2.05, 4.69) is 46.2 Å². The van der Waals surface area contributed by atoms with Crippen molar-refractivity contribution in [3.63, 3.8) is 0 Å². The summed E-state index contributed by atoms with van der Waals surface area (Å²) in [4.78, 5) is 11.3. The Balaban J connectivity index is 1.79. The van der Waals surface area contributed by atoms with Crippen LogP contribution in [0.15, 0.2) is 24.4 Å². The number of anilines is 2. The SMILES string of the molecule is COc1cc2c(cc1OC)CN(c1ccnc(NCC(C)C)n1)CC2. The molecule has 1 N–H and O–H groups in total. The molecule has 0 unspecified atom stereocenters. The Kier molecular flexibility index (Phi) is 5.26. The van der Waals surface area contributed by atoms with E-state index in [4.69, 9.17) is 9.47 Å². The zero-order chi connectivity index (χ0) is 17.8. The maximum atomic E-state index is 5.44. The third kappa shape index (κ3) is 3.95. The lowest BCUT2D eigenvalue weighted by Crippen LogP contribution is -2.31. The summed E-state index contributed by atoms with van der Waals surface area (Å²) in [6.45, 7) is 6.92. The zero-order valence-electron chi connectivity index (χ0n) is 15.4. The summed E-state index contributed by atoms with van der Waals surface area (Å²) in [5.74, 6) is 3.74. The minimum Gasteiger partial charge on any atom is -0.493 e. The van der Waals surface area contributed by atoms with E-state index in [0.29, 0.717) is 11.9 Å². The summed E-state index contributed by atoms with van der Waals surface area (Å²) in [5, 5.41) is 3.29. The van der Waals surface area contributed by atoms with Gasteiger partial charge in [-0.15, -0.1) is 0 Å². The van der Waals surface area contributed by atoms with Crippen LogP contribution >= 0.6 is 0 Å². The molecule has 0 saturated carbocycles. The van der Waals surface area contributed by atoms with Gasteiger partial charge in [-0.05, 0) is 41.7 Å². The van der Waals surface area contributed by atoms with Gasteiger partial charge in [-0.2, -0.15) is 4.98 Å². The number of ether oxygens (including phenoxy) is 2. The maximum absolute atomic E-state index is 5.44. The van der Waals surface area contributed by atoms with Crippen molar-refractivity contribution in [2.45, 2.75) is 26.8 Å². The van der Waals surface area contributed by atoms with Gasteiger partial charge >= 0.3 is 0 Å². The van der Waals surface area contributed by atoms with Gasteiger partial charge in [-0.25, -0.2) is 4.98 Å². The minimum atomic E-state index is 0.552. The summed E-state index contributed by atoms with van der Waals surface area (Å²) in [6, 6.07) is 6.12. The van der Waals surface area contributed by atoms with Crippen molar-refractivity contribution in [3.8, 4) is 11.5 Å². The van der Waals surface area contributed by atoms with Gasteiger partial charge in [0.1, 0.15) is 5.82 Å². The number of hydrogen-bond donors (Lipinski definition) is 1. The Labute approximate surface area is 149 Å². The second-order valence-electron chi connectivity index (χ2n) is 6.66. The highest BCUT2D eigenvalue weighted by Gasteiger charge is 2.20. The average molecular weight is 342 g/mol. The molecule has 0 amide bonds. The van der Waals surface area contributed by atoms with Crippen LogP contribution in [0, 0.1) is 5.92 Å². The van der Waals surface area contributed by atoms with E-state index in [1.807, 2.05) is 12.3 Å². The molecule has 1 aromatic heterocycles. The van der Waals surface area contributed by atoms with Crippen LogP contribution in [-0.4, -0.2) is 37.3 Å². The summed E-state index contributed by atoms with van der Waals surface area (Å²) < 4.78 is 10.8. The molecular formula is C19H26N4O2. The molecule has 3 rings (SSSR count). The number of rotatable bonds is 6. The van der Waals surface area contributed by atoms with Crippen molar-refractivity contribution < 1.29 is 9.47 Å². The minimum absolute atomic E-state index is 0.552. The van der Waals surface area contributed by atoms with Gasteiger partial charge in [0.2, 0.25) is 5.95 Å². The van der Waals surface area contributed by atoms with Crippen LogP contribution in [0.25, 0.3) is 0 Å². The molecule has 0 saturated heterocycles. The molecule has 2 aromatic rings. The molecule has 0 spiro atoms. The van der Waals surface area contributed by atoms with Crippen molar-refractivity contribution in [2.75, 3.05) is 37.5 Å². The van der Waals surface area contributed by atoms with Crippen LogP contribution in [-0.2, 0) is 13.0 Å². The van der Waals surface area contributed by atoms with E-state index in [-0.39, 0.29) is 0 Å². The number of benzene rings is 1. The fraction of sp³-hybridized carbons (Fsp3) is 0.474. The Bertz CT molecular complexity index is 733. The Hall–Kier alpha value is -2.50. The fourth-order valence-electron chi connectivity index (χ4n) is 2.98. The molecule has 1 aliphatic heterocycles. The van der Waals surface area contributed by atoms with E-state index in [1.165, 1.54) is 11.1 Å². The fourth-order valence-corrected chi connectivity index (χ4v) is 2.98. The van der Waals surface area contributed by atoms with Gasteiger partial charge in [0.05, 0.1) is 14.2 Å². The van der Waals surface area contributed by atoms with Gasteiger partial charge in [0, 0.05) is 25.8 Å². The van der Waals surface area contributed by atoms with E-state index < -0.39 is 0 Å². The van der Waals surface area contributed by atoms with Crippen molar-refractivity contribution in [2.24, 2.45) is 5.92 Å². The Morgan fingerprint density at radius 3 is 2.56 bits per heavy atom. The standard InChI is InChI=1S/C19H26N4O2/c1-13(2)11-21-19-20-7-5-18(22-19)23-8-6-14-9-16(24-3)17(25-4)10-15(14)12-23/h5,7,9-10,13H,6,8,11-12H2,1-4H3,(H,20,21,22). The zero-order valence-corrected chi connectivity index (χ0v) is 15.4. The third-order valence-corrected chi connectivity index (χ3v) is 4.35. The van der Waals surface area contributed by atoms with Crippen molar-refractivity contribution >= 4 is 11.8 Å². The third-order valence-electron chi connectivity index (χ3n) is 4.35. The summed E-state index contributed by atoms with van der Waals surface area (Å²) in [5.41, 5.74) is 2.56. The lowest BCUT2D eigenvalue weighted by atomic mass is 9.99. The van der Waals surface area contributed by atoms with Crippen LogP contribution in [0.5, 0.6) is 11.5 Å². The number of nitrogens with one attached hydrogen (secondary N) is 1. The van der Waals surface area contributed by atoms with Gasteiger partial charge < -0.3 is 19.7 Å². The topological polar surface area (TPSA) is 59.5 Å². The molecule has 0 atom stereocenters. The molecule has 1 aromatic carbocycles. The lowest BCUT2D eigenvalue weighted by Gasteiger charge is -2.30. The number of methoxy groups -OCH3 is 2. The van der Waals surface area contributed by atoms with Crippen LogP contribution < -0.4 is 19.7 Å². The quantitative estimate of drug-likeness (QED) is 0.870. The van der Waals surface area contributed by atoms with Crippen molar-refractivity contribution in [1.82, 2.24) is 9.97 Å². The summed E-state index contributed by atoms with van der Waals surface area (Å²) in [7, 11) is 3.34. The lowest BCUT2D eigenvalue weighted by molar-refractivity contribution is 0.353. The molecule has 0 bridgehead atoms. The first-order valence-electron chi connectivity index (χ1n) is 8.66. The molecule has 0 radical (unpaired) electrons. The highest BCUT2D eigenvalue weighted by molar-refractivity contribution is 5.52. The molecular weight excluding hydrogens is 316 g/mol. The first-order chi connectivity index (χ1) is 12.1. The molecule has 0 fully saturated rings. The van der Waals surface area contributed by atoms with Crippen LogP contribution in [0.2, 0.25) is 0 Å². The summed E-state index contributed by atoms with van der Waals surface area (Å²) in [6.07, 6.45) is 2.77. The van der Waals surface area contributed by atoms with Crippen molar-refractivity contribution in [1.29, 1.82) is 0 Å². The predicted octanol–water partition coefficient (Wildman–Crippen LogP) is 3.12. The van der Waals surface area contributed by atoms with Gasteiger partial charge in [-0.1, -0.05) is 13.8 Å². The van der Waals surface area contributed by atoms with Gasteiger partial charge in [0.25, 0.3) is 0 Å². The monoisotopic (exact) mass is 342 g/mol. The first kappa shape index (κ1) is 17.3. The highest BCUT2D eigenvalue weighted by Crippen LogP contribution is 2.34. The van der Waals surface area contributed by atoms with E-state index in [0.717, 1.165) is 43.4 Å². The molecule has 6 nitrogen and oxygen atoms in total. The molecule has 2 heterocycles. The number of aromatic nitrogens is 2. The predicted molar refractivity (Wildman–Crippen MR) is 99.7 cm³/mol. The van der Waals surface area contributed by atoms with E-state index in [9.17, 15) is 0 Å². The highest BCUT2D eigenvalue weighted by atomic mass is 16.5. The average Bonchev–Trinajstić information content (AvgIpc) is 2.65. The van der Waals surface area contributed by atoms with E-state index >= 15 is 0 Å². The Morgan fingerprint density at radius 2 is 1.88 bits per heavy atom. The number of fused-ring (bicyclic) bond motifs is 1. The first-order valence-corrected chi connectivity index (χ1v) is 8.66. The molecule has 1 aliphatic rings. The summed E-state index contributed by atoms with van der Waals surface area (Å²) >= 11 is 0. The number of nitrogens with zero attached hydrogens (tertiary/aromatic N) is 3. The van der Waals surface area contributed by atoms with Crippen LogP contribution in [0.3, 0.4) is 0 Å². The maximum Gasteiger partial charge on any atom is 0.224 e. The molecule has 25 heavy (non-hydrogen) atoms. The van der Waals surface area contributed by atoms with Gasteiger partial charge in [-0.3, -0.25) is 0 Å². The second kappa shape index (κ2) is 7.59. The van der Waals surface area contributed by atoms with Crippen molar-refractivity contribution in [3.05, 3.63) is 35.5 Å². The molecule has 134 valence electrons. The largest absolute Gasteiger partial charge is 0.493 e. The second-order valence-corrected chi connectivity index (χ2v) is 6.66. The van der Waals surface area contributed by atoms with Crippen LogP contribution in [0.4, 0.5) is 11.8 Å².